The summed E-state index contributed by atoms with van der Waals surface area (Å²) in [5, 5.41) is 9.38. The minimum absolute atomic E-state index is 0.0800. The number of methoxy groups -OCH3 is 2. The van der Waals surface area contributed by atoms with E-state index in [0.29, 0.717) is 3.57 Å². The standard InChI is InChI=1S/C15H11BrFIN2O5/c1-23-14(21)8-5-25-6-20(13(8)15(22)24-2)12-7(4-19)11(17)9(16)3-10(12)18/h3H,5-6H2,1-2H3. The van der Waals surface area contributed by atoms with E-state index in [2.05, 4.69) is 20.7 Å². The Labute approximate surface area is 164 Å². The van der Waals surface area contributed by atoms with Gasteiger partial charge in [-0.15, -0.1) is 0 Å². The molecule has 7 nitrogen and oxygen atoms in total. The van der Waals surface area contributed by atoms with E-state index in [1.807, 2.05) is 22.6 Å². The van der Waals surface area contributed by atoms with E-state index in [1.165, 1.54) is 11.0 Å². The number of halogens is 3. The summed E-state index contributed by atoms with van der Waals surface area (Å²) in [5.41, 5.74) is -0.430. The Morgan fingerprint density at radius 1 is 1.40 bits per heavy atom. The zero-order valence-electron chi connectivity index (χ0n) is 13.1. The molecule has 1 aromatic rings. The van der Waals surface area contributed by atoms with Crippen molar-refractivity contribution in [2.75, 3.05) is 32.5 Å². The predicted octanol–water partition coefficient (Wildman–Crippen LogP) is 2.46. The topological polar surface area (TPSA) is 88.9 Å². The van der Waals surface area contributed by atoms with Crippen LogP contribution in [0.5, 0.6) is 0 Å². The van der Waals surface area contributed by atoms with Crippen LogP contribution in [0.4, 0.5) is 10.1 Å². The van der Waals surface area contributed by atoms with Crippen LogP contribution in [-0.2, 0) is 23.8 Å². The third kappa shape index (κ3) is 3.63. The van der Waals surface area contributed by atoms with Crippen molar-refractivity contribution in [1.82, 2.24) is 0 Å². The van der Waals surface area contributed by atoms with Gasteiger partial charge in [-0.3, -0.25) is 0 Å². The number of anilines is 1. The Bertz CT molecular complexity index is 821. The first-order valence-electron chi connectivity index (χ1n) is 6.70. The molecule has 0 atom stereocenters. The molecule has 25 heavy (non-hydrogen) atoms. The van der Waals surface area contributed by atoms with E-state index in [0.717, 1.165) is 14.2 Å². The van der Waals surface area contributed by atoms with E-state index in [1.54, 1.807) is 6.07 Å². The van der Waals surface area contributed by atoms with E-state index >= 15 is 0 Å². The Kier molecular flexibility index (Phi) is 6.36. The molecule has 2 rings (SSSR count). The maximum atomic E-state index is 14.4. The second-order valence-electron chi connectivity index (χ2n) is 4.71. The zero-order chi connectivity index (χ0) is 18.7. The van der Waals surface area contributed by atoms with Gasteiger partial charge in [0, 0.05) is 3.57 Å². The molecule has 1 aliphatic rings. The van der Waals surface area contributed by atoms with Gasteiger partial charge in [-0.05, 0) is 44.6 Å². The van der Waals surface area contributed by atoms with Crippen molar-refractivity contribution in [3.8, 4) is 6.07 Å². The number of carbonyl (C=O) groups excluding carboxylic acids is 2. The van der Waals surface area contributed by atoms with Gasteiger partial charge in [-0.2, -0.15) is 5.26 Å². The molecule has 0 saturated heterocycles. The molecular formula is C15H11BrFIN2O5. The summed E-state index contributed by atoms with van der Waals surface area (Å²) in [7, 11) is 2.31. The average Bonchev–Trinajstić information content (AvgIpc) is 2.62. The van der Waals surface area contributed by atoms with Gasteiger partial charge < -0.3 is 19.1 Å². The molecule has 0 spiro atoms. The Morgan fingerprint density at radius 3 is 2.60 bits per heavy atom. The smallest absolute Gasteiger partial charge is 0.355 e. The number of nitriles is 1. The van der Waals surface area contributed by atoms with Gasteiger partial charge in [-0.1, -0.05) is 0 Å². The van der Waals surface area contributed by atoms with Gasteiger partial charge >= 0.3 is 11.9 Å². The van der Waals surface area contributed by atoms with Crippen molar-refractivity contribution in [2.24, 2.45) is 0 Å². The molecule has 1 heterocycles. The lowest BCUT2D eigenvalue weighted by atomic mass is 10.1. The molecule has 0 aliphatic carbocycles. The van der Waals surface area contributed by atoms with Gasteiger partial charge in [0.15, 0.2) is 5.82 Å². The van der Waals surface area contributed by atoms with Crippen molar-refractivity contribution >= 4 is 56.1 Å². The zero-order valence-corrected chi connectivity index (χ0v) is 16.8. The fourth-order valence-electron chi connectivity index (χ4n) is 2.27. The van der Waals surface area contributed by atoms with E-state index in [9.17, 15) is 19.2 Å². The number of hydrogen-bond acceptors (Lipinski definition) is 7. The summed E-state index contributed by atoms with van der Waals surface area (Å²) in [6.07, 6.45) is 0. The third-order valence-electron chi connectivity index (χ3n) is 3.36. The van der Waals surface area contributed by atoms with Gasteiger partial charge in [-0.25, -0.2) is 14.0 Å². The van der Waals surface area contributed by atoms with Gasteiger partial charge in [0.2, 0.25) is 0 Å². The van der Waals surface area contributed by atoms with Crippen molar-refractivity contribution < 1.29 is 28.2 Å². The summed E-state index contributed by atoms with van der Waals surface area (Å²) in [4.78, 5) is 25.5. The van der Waals surface area contributed by atoms with Crippen molar-refractivity contribution in [3.05, 3.63) is 36.8 Å². The van der Waals surface area contributed by atoms with Crippen LogP contribution < -0.4 is 4.90 Å². The fourth-order valence-corrected chi connectivity index (χ4v) is 4.00. The van der Waals surface area contributed by atoms with E-state index < -0.39 is 17.8 Å². The summed E-state index contributed by atoms with van der Waals surface area (Å²) in [6.45, 7) is -0.345. The number of ether oxygens (including phenoxy) is 3. The number of nitrogens with zero attached hydrogens (tertiary/aromatic N) is 2. The van der Waals surface area contributed by atoms with Crippen molar-refractivity contribution in [2.45, 2.75) is 0 Å². The first-order valence-corrected chi connectivity index (χ1v) is 8.57. The average molecular weight is 525 g/mol. The minimum atomic E-state index is -0.827. The van der Waals surface area contributed by atoms with Crippen LogP contribution in [0.15, 0.2) is 21.8 Å². The van der Waals surface area contributed by atoms with Crippen LogP contribution in [0.3, 0.4) is 0 Å². The molecule has 132 valence electrons. The number of benzene rings is 1. The molecule has 1 aromatic carbocycles. The maximum Gasteiger partial charge on any atom is 0.355 e. The fraction of sp³-hybridized carbons (Fsp3) is 0.267. The lowest BCUT2D eigenvalue weighted by Crippen LogP contribution is -2.39. The molecule has 0 radical (unpaired) electrons. The third-order valence-corrected chi connectivity index (χ3v) is 4.76. The highest BCUT2D eigenvalue weighted by atomic mass is 127. The highest BCUT2D eigenvalue weighted by Crippen LogP contribution is 2.37. The molecule has 0 N–H and O–H groups in total. The lowest BCUT2D eigenvalue weighted by Gasteiger charge is -2.32. The molecular weight excluding hydrogens is 514 g/mol. The quantitative estimate of drug-likeness (QED) is 0.341. The van der Waals surface area contributed by atoms with Gasteiger partial charge in [0.25, 0.3) is 0 Å². The Morgan fingerprint density at radius 2 is 2.04 bits per heavy atom. The summed E-state index contributed by atoms with van der Waals surface area (Å²) in [6, 6.07) is 3.23. The monoisotopic (exact) mass is 524 g/mol. The number of hydrogen-bond donors (Lipinski definition) is 0. The molecule has 0 unspecified atom stereocenters. The van der Waals surface area contributed by atoms with Crippen LogP contribution in [0.1, 0.15) is 5.56 Å². The second-order valence-corrected chi connectivity index (χ2v) is 6.72. The van der Waals surface area contributed by atoms with Crippen LogP contribution in [0.2, 0.25) is 0 Å². The molecule has 1 aliphatic heterocycles. The summed E-state index contributed by atoms with van der Waals surface area (Å²) >= 11 is 4.94. The van der Waals surface area contributed by atoms with Crippen molar-refractivity contribution in [1.29, 1.82) is 5.26 Å². The Hall–Kier alpha value is -1.71. The lowest BCUT2D eigenvalue weighted by molar-refractivity contribution is -0.140. The summed E-state index contributed by atoms with van der Waals surface area (Å²) in [5.74, 6) is -2.39. The van der Waals surface area contributed by atoms with Crippen LogP contribution in [0, 0.1) is 20.7 Å². The summed E-state index contributed by atoms with van der Waals surface area (Å²) < 4.78 is 29.7. The largest absolute Gasteiger partial charge is 0.466 e. The number of carbonyl (C=O) groups is 2. The number of esters is 2. The predicted molar refractivity (Wildman–Crippen MR) is 95.9 cm³/mol. The van der Waals surface area contributed by atoms with Crippen molar-refractivity contribution in [3.63, 3.8) is 0 Å². The molecule has 0 fully saturated rings. The highest BCUT2D eigenvalue weighted by molar-refractivity contribution is 14.1. The van der Waals surface area contributed by atoms with E-state index in [-0.39, 0.29) is 40.3 Å². The SMILES string of the molecule is COC(=O)C1=C(C(=O)OC)N(c2c(I)cc(Br)c(F)c2C#N)COC1. The maximum absolute atomic E-state index is 14.4. The first kappa shape index (κ1) is 19.6. The Balaban J connectivity index is 2.77. The van der Waals surface area contributed by atoms with E-state index in [4.69, 9.17) is 9.47 Å². The van der Waals surface area contributed by atoms with Gasteiger partial charge in [0.05, 0.1) is 36.6 Å². The first-order chi connectivity index (χ1) is 11.9. The van der Waals surface area contributed by atoms with Crippen LogP contribution in [0.25, 0.3) is 0 Å². The normalized spacial score (nSPS) is 14.2. The molecule has 0 amide bonds. The molecule has 0 bridgehead atoms. The molecule has 0 saturated carbocycles. The number of rotatable bonds is 3. The molecule has 10 heteroatoms. The van der Waals surface area contributed by atoms with Crippen LogP contribution in [-0.4, -0.2) is 39.5 Å². The minimum Gasteiger partial charge on any atom is -0.466 e. The molecule has 0 aromatic heterocycles. The van der Waals surface area contributed by atoms with Gasteiger partial charge in [0.1, 0.15) is 24.1 Å². The highest BCUT2D eigenvalue weighted by Gasteiger charge is 2.35. The van der Waals surface area contributed by atoms with Crippen LogP contribution >= 0.6 is 38.5 Å². The second kappa shape index (κ2) is 8.11.